The fraction of sp³-hybridized carbons (Fsp3) is 0.400. The summed E-state index contributed by atoms with van der Waals surface area (Å²) in [5.74, 6) is 0.543. The number of hydrogen-bond acceptors (Lipinski definition) is 4. The lowest BCUT2D eigenvalue weighted by Crippen LogP contribution is -2.44. The lowest BCUT2D eigenvalue weighted by atomic mass is 10.1. The zero-order valence-corrected chi connectivity index (χ0v) is 15.1. The Balaban J connectivity index is 1.44. The summed E-state index contributed by atoms with van der Waals surface area (Å²) in [7, 11) is 0. The summed E-state index contributed by atoms with van der Waals surface area (Å²) in [6.07, 6.45) is 3.79. The second kappa shape index (κ2) is 7.92. The number of urea groups is 1. The fourth-order valence-electron chi connectivity index (χ4n) is 3.58. The Morgan fingerprint density at radius 2 is 1.93 bits per heavy atom. The van der Waals surface area contributed by atoms with Crippen LogP contribution in [0.15, 0.2) is 42.6 Å². The van der Waals surface area contributed by atoms with Crippen LogP contribution in [0.1, 0.15) is 24.5 Å². The van der Waals surface area contributed by atoms with Crippen molar-refractivity contribution in [1.29, 1.82) is 0 Å². The zero-order valence-electron chi connectivity index (χ0n) is 15.1. The first kappa shape index (κ1) is 17.7. The largest absolute Gasteiger partial charge is 0.370 e. The number of carbonyl (C=O) groups is 1. The number of aromatic nitrogens is 1. The number of anilines is 2. The first-order valence-electron chi connectivity index (χ1n) is 9.34. The van der Waals surface area contributed by atoms with Crippen molar-refractivity contribution in [1.82, 2.24) is 9.88 Å². The van der Waals surface area contributed by atoms with Gasteiger partial charge in [-0.05, 0) is 42.7 Å². The molecule has 2 aliphatic heterocycles. The quantitative estimate of drug-likeness (QED) is 0.899. The molecule has 1 aromatic heterocycles. The second-order valence-corrected chi connectivity index (χ2v) is 6.86. The van der Waals surface area contributed by atoms with Crippen molar-refractivity contribution in [2.75, 3.05) is 43.0 Å². The summed E-state index contributed by atoms with van der Waals surface area (Å²) in [6, 6.07) is 9.78. The Morgan fingerprint density at radius 1 is 1.15 bits per heavy atom. The van der Waals surface area contributed by atoms with Gasteiger partial charge in [-0.2, -0.15) is 0 Å². The average Bonchev–Trinajstić information content (AvgIpc) is 3.24. The van der Waals surface area contributed by atoms with Gasteiger partial charge in [-0.15, -0.1) is 0 Å². The van der Waals surface area contributed by atoms with Gasteiger partial charge in [0.1, 0.15) is 11.9 Å². The lowest BCUT2D eigenvalue weighted by molar-refractivity contribution is -0.0135. The third kappa shape index (κ3) is 4.03. The predicted molar refractivity (Wildman–Crippen MR) is 101 cm³/mol. The number of carbonyl (C=O) groups excluding carboxylic acids is 1. The van der Waals surface area contributed by atoms with E-state index in [2.05, 4.69) is 15.2 Å². The van der Waals surface area contributed by atoms with Crippen LogP contribution in [0.5, 0.6) is 0 Å². The first-order chi connectivity index (χ1) is 13.2. The highest BCUT2D eigenvalue weighted by atomic mass is 19.1. The average molecular weight is 370 g/mol. The second-order valence-electron chi connectivity index (χ2n) is 6.86. The number of rotatable bonds is 3. The van der Waals surface area contributed by atoms with Crippen LogP contribution in [0.3, 0.4) is 0 Å². The van der Waals surface area contributed by atoms with Crippen molar-refractivity contribution in [2.45, 2.75) is 18.9 Å². The monoisotopic (exact) mass is 370 g/mol. The highest BCUT2D eigenvalue weighted by Crippen LogP contribution is 2.27. The molecule has 6 nitrogen and oxygen atoms in total. The molecule has 1 atom stereocenters. The van der Waals surface area contributed by atoms with Gasteiger partial charge < -0.3 is 19.9 Å². The Labute approximate surface area is 157 Å². The number of morpholine rings is 1. The number of hydrogen-bond donors (Lipinski definition) is 1. The molecule has 27 heavy (non-hydrogen) atoms. The SMILES string of the molecule is O=C(Nc1cccnc1N1CCCC1)N1CCO[C@H](c2ccc(F)cc2)C1. The smallest absolute Gasteiger partial charge is 0.322 e. The van der Waals surface area contributed by atoms with Crippen molar-refractivity contribution in [3.63, 3.8) is 0 Å². The van der Waals surface area contributed by atoms with Crippen LogP contribution in [0, 0.1) is 5.82 Å². The van der Waals surface area contributed by atoms with E-state index >= 15 is 0 Å². The van der Waals surface area contributed by atoms with E-state index in [-0.39, 0.29) is 18.0 Å². The van der Waals surface area contributed by atoms with Crippen molar-refractivity contribution in [3.8, 4) is 0 Å². The molecule has 0 spiro atoms. The van der Waals surface area contributed by atoms with Gasteiger partial charge in [0.15, 0.2) is 5.82 Å². The van der Waals surface area contributed by atoms with Gasteiger partial charge in [0, 0.05) is 25.8 Å². The lowest BCUT2D eigenvalue weighted by Gasteiger charge is -2.33. The molecule has 2 fully saturated rings. The molecule has 7 heteroatoms. The van der Waals surface area contributed by atoms with Gasteiger partial charge in [0.2, 0.25) is 0 Å². The molecule has 2 aliphatic rings. The maximum absolute atomic E-state index is 13.1. The molecule has 1 N–H and O–H groups in total. The Kier molecular flexibility index (Phi) is 5.20. The fourth-order valence-corrected chi connectivity index (χ4v) is 3.58. The van der Waals surface area contributed by atoms with E-state index in [1.807, 2.05) is 12.1 Å². The molecule has 142 valence electrons. The topological polar surface area (TPSA) is 57.7 Å². The summed E-state index contributed by atoms with van der Waals surface area (Å²) >= 11 is 0. The van der Waals surface area contributed by atoms with Crippen molar-refractivity contribution >= 4 is 17.5 Å². The summed E-state index contributed by atoms with van der Waals surface area (Å²) in [6.45, 7) is 3.31. The minimum Gasteiger partial charge on any atom is -0.370 e. The molecular weight excluding hydrogens is 347 g/mol. The van der Waals surface area contributed by atoms with Crippen LogP contribution in [0.2, 0.25) is 0 Å². The van der Waals surface area contributed by atoms with E-state index in [1.165, 1.54) is 12.1 Å². The number of pyridine rings is 1. The van der Waals surface area contributed by atoms with Crippen LogP contribution in [-0.2, 0) is 4.74 Å². The molecule has 2 saturated heterocycles. The molecule has 3 heterocycles. The molecule has 1 aromatic carbocycles. The van der Waals surface area contributed by atoms with Gasteiger partial charge in [-0.25, -0.2) is 14.2 Å². The van der Waals surface area contributed by atoms with Gasteiger partial charge in [-0.3, -0.25) is 0 Å². The summed E-state index contributed by atoms with van der Waals surface area (Å²) in [5, 5.41) is 3.01. The number of ether oxygens (including phenoxy) is 1. The Morgan fingerprint density at radius 3 is 2.70 bits per heavy atom. The Bertz CT molecular complexity index is 793. The molecule has 0 bridgehead atoms. The summed E-state index contributed by atoms with van der Waals surface area (Å²) in [4.78, 5) is 21.2. The van der Waals surface area contributed by atoms with E-state index < -0.39 is 0 Å². The number of halogens is 1. The van der Waals surface area contributed by atoms with Crippen molar-refractivity contribution < 1.29 is 13.9 Å². The van der Waals surface area contributed by atoms with Crippen LogP contribution < -0.4 is 10.2 Å². The maximum atomic E-state index is 13.1. The molecule has 0 unspecified atom stereocenters. The zero-order chi connectivity index (χ0) is 18.6. The van der Waals surface area contributed by atoms with Crippen LogP contribution in [0.4, 0.5) is 20.7 Å². The first-order valence-corrected chi connectivity index (χ1v) is 9.34. The van der Waals surface area contributed by atoms with Crippen molar-refractivity contribution in [2.24, 2.45) is 0 Å². The number of amides is 2. The van der Waals surface area contributed by atoms with Gasteiger partial charge in [0.25, 0.3) is 0 Å². The maximum Gasteiger partial charge on any atom is 0.322 e. The van der Waals surface area contributed by atoms with Crippen LogP contribution in [0.25, 0.3) is 0 Å². The van der Waals surface area contributed by atoms with Gasteiger partial charge in [0.05, 0.1) is 18.8 Å². The molecule has 0 saturated carbocycles. The predicted octanol–water partition coefficient (Wildman–Crippen LogP) is 3.43. The molecule has 0 radical (unpaired) electrons. The number of nitrogens with zero attached hydrogens (tertiary/aromatic N) is 3. The highest BCUT2D eigenvalue weighted by Gasteiger charge is 2.26. The Hall–Kier alpha value is -2.67. The minimum absolute atomic E-state index is 0.168. The van der Waals surface area contributed by atoms with Gasteiger partial charge in [-0.1, -0.05) is 12.1 Å². The molecule has 2 aromatic rings. The van der Waals surface area contributed by atoms with E-state index in [0.717, 1.165) is 43.0 Å². The molecular formula is C20H23FN4O2. The summed E-state index contributed by atoms with van der Waals surface area (Å²) < 4.78 is 18.9. The number of nitrogens with one attached hydrogen (secondary N) is 1. The third-order valence-electron chi connectivity index (χ3n) is 5.03. The van der Waals surface area contributed by atoms with E-state index in [4.69, 9.17) is 4.74 Å². The van der Waals surface area contributed by atoms with E-state index in [1.54, 1.807) is 23.2 Å². The van der Waals surface area contributed by atoms with E-state index in [9.17, 15) is 9.18 Å². The van der Waals surface area contributed by atoms with Crippen LogP contribution >= 0.6 is 0 Å². The van der Waals surface area contributed by atoms with Crippen molar-refractivity contribution in [3.05, 3.63) is 54.0 Å². The minimum atomic E-state index is -0.282. The molecule has 4 rings (SSSR count). The van der Waals surface area contributed by atoms with Crippen LogP contribution in [-0.4, -0.2) is 48.7 Å². The number of benzene rings is 1. The summed E-state index contributed by atoms with van der Waals surface area (Å²) in [5.41, 5.74) is 1.60. The standard InChI is InChI=1S/C20H23FN4O2/c21-16-7-5-15(6-8-16)18-14-25(12-13-27-18)20(26)23-17-4-3-9-22-19(17)24-10-1-2-11-24/h3-9,18H,1-2,10-14H2,(H,23,26)/t18-/m0/s1. The normalized spacial score (nSPS) is 20.0. The highest BCUT2D eigenvalue weighted by molar-refractivity contribution is 5.92. The third-order valence-corrected chi connectivity index (χ3v) is 5.03. The molecule has 0 aliphatic carbocycles. The van der Waals surface area contributed by atoms with E-state index in [0.29, 0.717) is 19.7 Å². The van der Waals surface area contributed by atoms with Gasteiger partial charge >= 0.3 is 6.03 Å². The molecule has 2 amide bonds.